The summed E-state index contributed by atoms with van der Waals surface area (Å²) < 4.78 is 83.6. The van der Waals surface area contributed by atoms with Crippen LogP contribution in [0.4, 0.5) is 37.7 Å². The molecule has 4 N–H and O–H groups in total. The minimum Gasteiger partial charge on any atom is -0.399 e. The number of benzene rings is 2. The zero-order valence-corrected chi connectivity index (χ0v) is 12.3. The molecule has 2 aromatic rings. The van der Waals surface area contributed by atoms with Crippen molar-refractivity contribution in [2.24, 2.45) is 0 Å². The molecule has 9 heteroatoms. The SMILES string of the molecule is Nc1ccc2c(c1)C(C(F)(F)F)(C(F)(F)F)c1cc(N)ccc1C2=O. The number of nitrogen functional groups attached to an aromatic ring is 2. The number of hydrogen-bond acceptors (Lipinski definition) is 3. The lowest BCUT2D eigenvalue weighted by Gasteiger charge is -2.42. The van der Waals surface area contributed by atoms with Crippen molar-refractivity contribution in [3.05, 3.63) is 58.7 Å². The number of carbonyl (C=O) groups excluding carboxylic acids is 1. The average Bonchev–Trinajstić information content (AvgIpc) is 2.44. The van der Waals surface area contributed by atoms with Crippen molar-refractivity contribution in [2.45, 2.75) is 17.8 Å². The smallest absolute Gasteiger partial charge is 0.399 e. The van der Waals surface area contributed by atoms with E-state index in [0.717, 1.165) is 24.3 Å². The molecule has 1 aliphatic rings. The Morgan fingerprint density at radius 3 is 1.40 bits per heavy atom. The first-order chi connectivity index (χ1) is 11.4. The van der Waals surface area contributed by atoms with Crippen molar-refractivity contribution < 1.29 is 31.1 Å². The molecule has 2 aromatic carbocycles. The molecule has 0 amide bonds. The Labute approximate surface area is 137 Å². The lowest BCUT2D eigenvalue weighted by Crippen LogP contribution is -2.57. The third-order valence-corrected chi connectivity index (χ3v) is 4.23. The van der Waals surface area contributed by atoms with Gasteiger partial charge in [0.25, 0.3) is 0 Å². The first kappa shape index (κ1) is 17.1. The monoisotopic (exact) mass is 360 g/mol. The molecule has 25 heavy (non-hydrogen) atoms. The van der Waals surface area contributed by atoms with Crippen LogP contribution in [-0.2, 0) is 5.41 Å². The van der Waals surface area contributed by atoms with Crippen LogP contribution in [0.3, 0.4) is 0 Å². The number of nitrogens with two attached hydrogens (primary N) is 2. The zero-order chi connectivity index (χ0) is 18.8. The maximum absolute atomic E-state index is 13.9. The molecule has 0 fully saturated rings. The van der Waals surface area contributed by atoms with E-state index in [9.17, 15) is 31.1 Å². The van der Waals surface area contributed by atoms with E-state index >= 15 is 0 Å². The predicted molar refractivity (Wildman–Crippen MR) is 78.0 cm³/mol. The first-order valence-corrected chi connectivity index (χ1v) is 6.89. The van der Waals surface area contributed by atoms with Gasteiger partial charge < -0.3 is 11.5 Å². The number of alkyl halides is 6. The molecule has 1 aliphatic carbocycles. The van der Waals surface area contributed by atoms with Gasteiger partial charge in [0.15, 0.2) is 5.78 Å². The molecule has 0 saturated carbocycles. The fraction of sp³-hybridized carbons (Fsp3) is 0.188. The van der Waals surface area contributed by atoms with E-state index in [2.05, 4.69) is 0 Å². The average molecular weight is 360 g/mol. The van der Waals surface area contributed by atoms with Gasteiger partial charge in [-0.15, -0.1) is 0 Å². The summed E-state index contributed by atoms with van der Waals surface area (Å²) in [6.07, 6.45) is -11.6. The normalized spacial score (nSPS) is 16.3. The number of hydrogen-bond donors (Lipinski definition) is 2. The van der Waals surface area contributed by atoms with E-state index in [4.69, 9.17) is 11.5 Å². The van der Waals surface area contributed by atoms with E-state index in [1.165, 1.54) is 0 Å². The zero-order valence-electron chi connectivity index (χ0n) is 12.3. The van der Waals surface area contributed by atoms with Crippen LogP contribution in [0, 0.1) is 0 Å². The highest BCUT2D eigenvalue weighted by atomic mass is 19.4. The molecule has 0 aromatic heterocycles. The summed E-state index contributed by atoms with van der Waals surface area (Å²) in [5, 5.41) is 0. The summed E-state index contributed by atoms with van der Waals surface area (Å²) in [5.74, 6) is -0.950. The van der Waals surface area contributed by atoms with Crippen LogP contribution in [0.5, 0.6) is 0 Å². The third kappa shape index (κ3) is 2.11. The van der Waals surface area contributed by atoms with Gasteiger partial charge in [-0.1, -0.05) is 0 Å². The highest BCUT2D eigenvalue weighted by Gasteiger charge is 2.75. The largest absolute Gasteiger partial charge is 0.411 e. The molecule has 0 saturated heterocycles. The molecule has 0 unspecified atom stereocenters. The van der Waals surface area contributed by atoms with Gasteiger partial charge in [0.1, 0.15) is 0 Å². The second-order valence-corrected chi connectivity index (χ2v) is 5.68. The fourth-order valence-electron chi connectivity index (χ4n) is 3.20. The maximum Gasteiger partial charge on any atom is 0.411 e. The number of rotatable bonds is 0. The summed E-state index contributed by atoms with van der Waals surface area (Å²) >= 11 is 0. The molecule has 3 rings (SSSR count). The lowest BCUT2D eigenvalue weighted by atomic mass is 9.64. The number of ketones is 1. The van der Waals surface area contributed by atoms with Crippen molar-refractivity contribution in [3.63, 3.8) is 0 Å². The van der Waals surface area contributed by atoms with E-state index in [0.29, 0.717) is 12.1 Å². The van der Waals surface area contributed by atoms with Crippen molar-refractivity contribution in [1.82, 2.24) is 0 Å². The van der Waals surface area contributed by atoms with Crippen LogP contribution < -0.4 is 11.5 Å². The topological polar surface area (TPSA) is 69.1 Å². The van der Waals surface area contributed by atoms with Crippen molar-refractivity contribution in [2.75, 3.05) is 11.5 Å². The Bertz CT molecular complexity index is 814. The summed E-state index contributed by atoms with van der Waals surface area (Å²) in [6.45, 7) is 0. The Hall–Kier alpha value is -2.71. The van der Waals surface area contributed by atoms with Crippen LogP contribution in [0.25, 0.3) is 0 Å². The van der Waals surface area contributed by atoms with Crippen LogP contribution >= 0.6 is 0 Å². The highest BCUT2D eigenvalue weighted by Crippen LogP contribution is 2.60. The quantitative estimate of drug-likeness (QED) is 0.555. The lowest BCUT2D eigenvalue weighted by molar-refractivity contribution is -0.289. The van der Waals surface area contributed by atoms with Gasteiger partial charge in [-0.05, 0) is 47.5 Å². The van der Waals surface area contributed by atoms with Crippen molar-refractivity contribution >= 4 is 17.2 Å². The van der Waals surface area contributed by atoms with E-state index in [1.807, 2.05) is 0 Å². The van der Waals surface area contributed by atoms with Crippen LogP contribution in [-0.4, -0.2) is 18.1 Å². The molecule has 132 valence electrons. The Morgan fingerprint density at radius 2 is 1.08 bits per heavy atom. The van der Waals surface area contributed by atoms with Gasteiger partial charge >= 0.3 is 12.4 Å². The van der Waals surface area contributed by atoms with Gasteiger partial charge in [-0.25, -0.2) is 0 Å². The molecule has 0 bridgehead atoms. The molecule has 0 heterocycles. The minimum absolute atomic E-state index is 0.322. The fourth-order valence-corrected chi connectivity index (χ4v) is 3.20. The summed E-state index contributed by atoms with van der Waals surface area (Å²) in [4.78, 5) is 12.5. The molecule has 3 nitrogen and oxygen atoms in total. The number of anilines is 2. The van der Waals surface area contributed by atoms with Gasteiger partial charge in [0.05, 0.1) is 0 Å². The third-order valence-electron chi connectivity index (χ3n) is 4.23. The summed E-state index contributed by atoms with van der Waals surface area (Å²) in [7, 11) is 0. The highest BCUT2D eigenvalue weighted by molar-refractivity contribution is 6.13. The van der Waals surface area contributed by atoms with Crippen molar-refractivity contribution in [1.29, 1.82) is 0 Å². The molecular weight excluding hydrogens is 350 g/mol. The van der Waals surface area contributed by atoms with Gasteiger partial charge in [0.2, 0.25) is 5.41 Å². The molecule has 0 atom stereocenters. The maximum atomic E-state index is 13.9. The van der Waals surface area contributed by atoms with Crippen LogP contribution in [0.1, 0.15) is 27.0 Å². The standard InChI is InChI=1S/C16H10F6N2O/c17-15(18,19)14(16(20,21)22)11-5-7(23)1-3-9(11)13(25)10-4-2-8(24)6-12(10)14/h1-6H,23-24H2. The Kier molecular flexibility index (Phi) is 3.36. The molecule has 0 aliphatic heterocycles. The number of fused-ring (bicyclic) bond motifs is 2. The summed E-state index contributed by atoms with van der Waals surface area (Å²) in [6, 6.07) is 4.99. The molecule has 0 radical (unpaired) electrons. The van der Waals surface area contributed by atoms with E-state index in [-0.39, 0.29) is 11.4 Å². The Balaban J connectivity index is 2.59. The van der Waals surface area contributed by atoms with Crippen LogP contribution in [0.15, 0.2) is 36.4 Å². The minimum atomic E-state index is -5.78. The molecule has 0 spiro atoms. The molecular formula is C16H10F6N2O. The predicted octanol–water partition coefficient (Wildman–Crippen LogP) is 3.81. The van der Waals surface area contributed by atoms with Crippen molar-refractivity contribution in [3.8, 4) is 0 Å². The first-order valence-electron chi connectivity index (χ1n) is 6.89. The number of carbonyl (C=O) groups is 1. The van der Waals surface area contributed by atoms with E-state index < -0.39 is 45.8 Å². The Morgan fingerprint density at radius 1 is 0.720 bits per heavy atom. The van der Waals surface area contributed by atoms with Gasteiger partial charge in [-0.3, -0.25) is 4.79 Å². The van der Waals surface area contributed by atoms with Crippen LogP contribution in [0.2, 0.25) is 0 Å². The van der Waals surface area contributed by atoms with Gasteiger partial charge in [-0.2, -0.15) is 26.3 Å². The number of halogens is 6. The van der Waals surface area contributed by atoms with E-state index in [1.54, 1.807) is 0 Å². The second kappa shape index (κ2) is 4.90. The summed E-state index contributed by atoms with van der Waals surface area (Å²) in [5.41, 5.74) is 1.92. The van der Waals surface area contributed by atoms with Gasteiger partial charge in [0, 0.05) is 22.5 Å². The second-order valence-electron chi connectivity index (χ2n) is 5.68.